The van der Waals surface area contributed by atoms with Gasteiger partial charge in [0, 0.05) is 36.3 Å². The summed E-state index contributed by atoms with van der Waals surface area (Å²) in [7, 11) is -3.48. The summed E-state index contributed by atoms with van der Waals surface area (Å²) in [5.41, 5.74) is 3.18. The lowest BCUT2D eigenvalue weighted by Gasteiger charge is -2.21. The van der Waals surface area contributed by atoms with Crippen LogP contribution in [-0.4, -0.2) is 45.3 Å². The number of nitrogens with zero attached hydrogens (tertiary/aromatic N) is 4. The van der Waals surface area contributed by atoms with Crippen molar-refractivity contribution < 1.29 is 8.42 Å². The van der Waals surface area contributed by atoms with E-state index in [1.807, 2.05) is 30.1 Å². The number of fused-ring (bicyclic) bond motifs is 1. The summed E-state index contributed by atoms with van der Waals surface area (Å²) in [5.74, 6) is 0.218. The molecule has 2 aromatic heterocycles. The topological polar surface area (TPSA) is 83.9 Å². The third kappa shape index (κ3) is 3.32. The Morgan fingerprint density at radius 3 is 2.70 bits per heavy atom. The number of aromatic amines is 1. The molecular formula is C22H23N5O2S. The smallest absolute Gasteiger partial charge is 0.243 e. The Morgan fingerprint density at radius 1 is 1.10 bits per heavy atom. The van der Waals surface area contributed by atoms with Crippen LogP contribution in [0.2, 0.25) is 0 Å². The third-order valence-corrected chi connectivity index (χ3v) is 7.85. The molecule has 1 N–H and O–H groups in total. The first-order valence-corrected chi connectivity index (χ1v) is 11.5. The maximum absolute atomic E-state index is 13.1. The van der Waals surface area contributed by atoms with Gasteiger partial charge in [-0.1, -0.05) is 24.3 Å². The molecule has 8 heteroatoms. The molecule has 30 heavy (non-hydrogen) atoms. The van der Waals surface area contributed by atoms with Crippen LogP contribution in [0.4, 0.5) is 0 Å². The lowest BCUT2D eigenvalue weighted by molar-refractivity contribution is 0.396. The zero-order valence-electron chi connectivity index (χ0n) is 16.6. The highest BCUT2D eigenvalue weighted by Gasteiger charge is 2.38. The van der Waals surface area contributed by atoms with Crippen molar-refractivity contribution in [3.63, 3.8) is 0 Å². The number of sulfonamides is 1. The standard InChI is InChI=1S/C22H23N5O2S/c1-16-9-17(15-27(16)30(28,29)21-5-3-2-4-6-21)14-26-22-8-7-18(10-19(22)13-25-26)20-11-23-24-12-20/h2-8,10-13,16-17H,9,14-15H2,1H3,(H,23,24)/t16-,17+/m0/s1. The Balaban J connectivity index is 1.36. The molecule has 154 valence electrons. The van der Waals surface area contributed by atoms with Crippen molar-refractivity contribution in [2.75, 3.05) is 6.54 Å². The van der Waals surface area contributed by atoms with Gasteiger partial charge in [0.25, 0.3) is 0 Å². The van der Waals surface area contributed by atoms with Crippen molar-refractivity contribution in [2.24, 2.45) is 5.92 Å². The molecule has 0 radical (unpaired) electrons. The fraction of sp³-hybridized carbons (Fsp3) is 0.273. The minimum absolute atomic E-state index is 0.0327. The van der Waals surface area contributed by atoms with E-state index in [0.717, 1.165) is 28.5 Å². The van der Waals surface area contributed by atoms with Gasteiger partial charge in [-0.15, -0.1) is 0 Å². The average Bonchev–Trinajstić information content (AvgIpc) is 3.49. The minimum atomic E-state index is -3.48. The highest BCUT2D eigenvalue weighted by atomic mass is 32.2. The van der Waals surface area contributed by atoms with E-state index < -0.39 is 10.0 Å². The van der Waals surface area contributed by atoms with Gasteiger partial charge >= 0.3 is 0 Å². The molecule has 0 saturated carbocycles. The third-order valence-electron chi connectivity index (χ3n) is 5.86. The van der Waals surface area contributed by atoms with E-state index in [-0.39, 0.29) is 12.0 Å². The van der Waals surface area contributed by atoms with E-state index in [0.29, 0.717) is 18.0 Å². The van der Waals surface area contributed by atoms with E-state index in [9.17, 15) is 8.42 Å². The molecule has 4 aromatic rings. The zero-order valence-corrected chi connectivity index (χ0v) is 17.5. The van der Waals surface area contributed by atoms with Crippen molar-refractivity contribution in [1.82, 2.24) is 24.3 Å². The molecule has 1 aliphatic heterocycles. The average molecular weight is 422 g/mol. The van der Waals surface area contributed by atoms with Crippen LogP contribution in [-0.2, 0) is 16.6 Å². The van der Waals surface area contributed by atoms with Gasteiger partial charge in [0.15, 0.2) is 0 Å². The Bertz CT molecular complexity index is 1270. The Morgan fingerprint density at radius 2 is 1.93 bits per heavy atom. The highest BCUT2D eigenvalue weighted by Crippen LogP contribution is 2.31. The summed E-state index contributed by atoms with van der Waals surface area (Å²) in [6.45, 7) is 3.19. The van der Waals surface area contributed by atoms with Crippen molar-refractivity contribution in [3.05, 3.63) is 67.1 Å². The van der Waals surface area contributed by atoms with Crippen molar-refractivity contribution >= 4 is 20.9 Å². The van der Waals surface area contributed by atoms with Crippen LogP contribution in [0.25, 0.3) is 22.0 Å². The Labute approximate surface area is 175 Å². The predicted molar refractivity (Wildman–Crippen MR) is 115 cm³/mol. The van der Waals surface area contributed by atoms with E-state index in [2.05, 4.69) is 33.5 Å². The predicted octanol–water partition coefficient (Wildman–Crippen LogP) is 3.53. The maximum Gasteiger partial charge on any atom is 0.243 e. The van der Waals surface area contributed by atoms with Gasteiger partial charge in [-0.3, -0.25) is 9.78 Å². The second-order valence-electron chi connectivity index (χ2n) is 7.93. The normalized spacial score (nSPS) is 20.2. The molecule has 0 unspecified atom stereocenters. The quantitative estimate of drug-likeness (QED) is 0.534. The molecule has 5 rings (SSSR count). The summed E-state index contributed by atoms with van der Waals surface area (Å²) in [6.07, 6.45) is 6.36. The molecule has 2 aromatic carbocycles. The number of hydrogen-bond donors (Lipinski definition) is 1. The second-order valence-corrected chi connectivity index (χ2v) is 9.82. The summed E-state index contributed by atoms with van der Waals surface area (Å²) < 4.78 is 29.7. The molecule has 0 aliphatic carbocycles. The largest absolute Gasteiger partial charge is 0.285 e. The number of H-pyrrole nitrogens is 1. The van der Waals surface area contributed by atoms with Gasteiger partial charge in [0.1, 0.15) is 0 Å². The first kappa shape index (κ1) is 19.0. The molecular weight excluding hydrogens is 398 g/mol. The van der Waals surface area contributed by atoms with Crippen LogP contribution < -0.4 is 0 Å². The molecule has 7 nitrogen and oxygen atoms in total. The molecule has 3 heterocycles. The first-order valence-electron chi connectivity index (χ1n) is 10.0. The number of aromatic nitrogens is 4. The molecule has 0 amide bonds. The highest BCUT2D eigenvalue weighted by molar-refractivity contribution is 7.89. The Kier molecular flexibility index (Phi) is 4.67. The van der Waals surface area contributed by atoms with Crippen LogP contribution >= 0.6 is 0 Å². The molecule has 2 atom stereocenters. The molecule has 1 aliphatic rings. The van der Waals surface area contributed by atoms with Gasteiger partial charge in [0.2, 0.25) is 10.0 Å². The van der Waals surface area contributed by atoms with Crippen LogP contribution in [0.5, 0.6) is 0 Å². The van der Waals surface area contributed by atoms with Crippen molar-refractivity contribution in [1.29, 1.82) is 0 Å². The fourth-order valence-corrected chi connectivity index (χ4v) is 6.11. The molecule has 1 saturated heterocycles. The SMILES string of the molecule is C[C@H]1C[C@H](Cn2ncc3cc(-c4cn[nH]c4)ccc32)CN1S(=O)(=O)c1ccccc1. The number of rotatable bonds is 5. The lowest BCUT2D eigenvalue weighted by Crippen LogP contribution is -2.34. The van der Waals surface area contributed by atoms with Crippen molar-refractivity contribution in [3.8, 4) is 11.1 Å². The number of benzene rings is 2. The van der Waals surface area contributed by atoms with Gasteiger partial charge in [-0.25, -0.2) is 8.42 Å². The number of nitrogens with one attached hydrogen (secondary N) is 1. The van der Waals surface area contributed by atoms with Crippen LogP contribution in [0.15, 0.2) is 72.0 Å². The van der Waals surface area contributed by atoms with Crippen LogP contribution in [0.1, 0.15) is 13.3 Å². The summed E-state index contributed by atoms with van der Waals surface area (Å²) >= 11 is 0. The summed E-state index contributed by atoms with van der Waals surface area (Å²) in [5, 5.41) is 12.5. The van der Waals surface area contributed by atoms with Gasteiger partial charge < -0.3 is 0 Å². The summed E-state index contributed by atoms with van der Waals surface area (Å²) in [6, 6.07) is 14.9. The second kappa shape index (κ2) is 7.37. The van der Waals surface area contributed by atoms with Crippen molar-refractivity contribution in [2.45, 2.75) is 30.8 Å². The minimum Gasteiger partial charge on any atom is -0.285 e. The summed E-state index contributed by atoms with van der Waals surface area (Å²) in [4.78, 5) is 0.355. The van der Waals surface area contributed by atoms with Gasteiger partial charge in [-0.05, 0) is 49.1 Å². The van der Waals surface area contributed by atoms with E-state index in [4.69, 9.17) is 0 Å². The Hall–Kier alpha value is -2.97. The fourth-order valence-electron chi connectivity index (χ4n) is 4.37. The maximum atomic E-state index is 13.1. The van der Waals surface area contributed by atoms with Gasteiger partial charge in [-0.2, -0.15) is 14.5 Å². The number of hydrogen-bond acceptors (Lipinski definition) is 4. The van der Waals surface area contributed by atoms with Gasteiger partial charge in [0.05, 0.1) is 22.8 Å². The van der Waals surface area contributed by atoms with E-state index in [1.54, 1.807) is 34.8 Å². The molecule has 0 spiro atoms. The zero-order chi connectivity index (χ0) is 20.7. The lowest BCUT2D eigenvalue weighted by atomic mass is 10.1. The molecule has 0 bridgehead atoms. The van der Waals surface area contributed by atoms with Crippen LogP contribution in [0.3, 0.4) is 0 Å². The first-order chi connectivity index (χ1) is 14.5. The van der Waals surface area contributed by atoms with Crippen LogP contribution in [0, 0.1) is 5.92 Å². The molecule has 1 fully saturated rings. The van der Waals surface area contributed by atoms with E-state index >= 15 is 0 Å². The monoisotopic (exact) mass is 421 g/mol. The van der Waals surface area contributed by atoms with E-state index in [1.165, 1.54) is 0 Å².